The molecule has 0 aromatic carbocycles. The number of hydrogen-bond donors (Lipinski definition) is 1. The summed E-state index contributed by atoms with van der Waals surface area (Å²) in [6.07, 6.45) is -0.824. The molecule has 13 heavy (non-hydrogen) atoms. The Bertz CT molecular complexity index is 330. The number of aliphatic hydroxyl groups is 1. The van der Waals surface area contributed by atoms with Crippen molar-refractivity contribution in [2.24, 2.45) is 0 Å². The lowest BCUT2D eigenvalue weighted by molar-refractivity contribution is -0.133. The Morgan fingerprint density at radius 3 is 2.31 bits per heavy atom. The number of β-amino-alcohol motifs (C(OH)–C–C–N with tert-alkyl or cyclic N) is 1. The Morgan fingerprint density at radius 1 is 1.54 bits per heavy atom. The SMILES string of the molecule is CC(O)CN1C(=O)C(C)(C)S1(=O)=O. The van der Waals surface area contributed by atoms with E-state index in [9.17, 15) is 13.2 Å². The van der Waals surface area contributed by atoms with Crippen molar-refractivity contribution in [3.8, 4) is 0 Å². The molecule has 76 valence electrons. The van der Waals surface area contributed by atoms with Crippen molar-refractivity contribution in [3.63, 3.8) is 0 Å². The fourth-order valence-corrected chi connectivity index (χ4v) is 2.79. The van der Waals surface area contributed by atoms with Gasteiger partial charge >= 0.3 is 0 Å². The van der Waals surface area contributed by atoms with Crippen LogP contribution in [0.25, 0.3) is 0 Å². The summed E-state index contributed by atoms with van der Waals surface area (Å²) in [6, 6.07) is 0. The van der Waals surface area contributed by atoms with Crippen LogP contribution in [0.1, 0.15) is 20.8 Å². The minimum Gasteiger partial charge on any atom is -0.392 e. The Balaban J connectivity index is 2.90. The summed E-state index contributed by atoms with van der Waals surface area (Å²) in [4.78, 5) is 11.3. The van der Waals surface area contributed by atoms with Gasteiger partial charge in [0.1, 0.15) is 0 Å². The van der Waals surface area contributed by atoms with Crippen LogP contribution in [0.3, 0.4) is 0 Å². The van der Waals surface area contributed by atoms with Gasteiger partial charge in [0.15, 0.2) is 4.75 Å². The number of sulfonamides is 1. The molecule has 0 radical (unpaired) electrons. The van der Waals surface area contributed by atoms with Crippen LogP contribution in [-0.4, -0.2) is 41.1 Å². The molecule has 0 aliphatic carbocycles. The van der Waals surface area contributed by atoms with Crippen molar-refractivity contribution in [3.05, 3.63) is 0 Å². The third-order valence-electron chi connectivity index (χ3n) is 2.11. The lowest BCUT2D eigenvalue weighted by atomic mass is 10.2. The number of aliphatic hydroxyl groups excluding tert-OH is 1. The molecule has 0 spiro atoms. The zero-order chi connectivity index (χ0) is 10.4. The van der Waals surface area contributed by atoms with Gasteiger partial charge in [0.2, 0.25) is 0 Å². The first-order valence-electron chi connectivity index (χ1n) is 3.96. The molecule has 1 aliphatic heterocycles. The van der Waals surface area contributed by atoms with Crippen LogP contribution in [0.4, 0.5) is 0 Å². The van der Waals surface area contributed by atoms with Crippen LogP contribution in [0.5, 0.6) is 0 Å². The van der Waals surface area contributed by atoms with E-state index in [1.165, 1.54) is 20.8 Å². The second-order valence-corrected chi connectivity index (χ2v) is 6.11. The van der Waals surface area contributed by atoms with Crippen LogP contribution >= 0.6 is 0 Å². The van der Waals surface area contributed by atoms with Crippen molar-refractivity contribution in [1.82, 2.24) is 4.31 Å². The first-order chi connectivity index (χ1) is 5.71. The molecule has 1 atom stereocenters. The molecule has 1 aliphatic rings. The lowest BCUT2D eigenvalue weighted by Crippen LogP contribution is -2.68. The van der Waals surface area contributed by atoms with Crippen LogP contribution < -0.4 is 0 Å². The number of nitrogens with zero attached hydrogens (tertiary/aromatic N) is 1. The molecule has 0 bridgehead atoms. The van der Waals surface area contributed by atoms with Crippen molar-refractivity contribution in [1.29, 1.82) is 0 Å². The number of carbonyl (C=O) groups is 1. The number of hydrogen-bond acceptors (Lipinski definition) is 4. The van der Waals surface area contributed by atoms with E-state index < -0.39 is 26.8 Å². The van der Waals surface area contributed by atoms with Gasteiger partial charge in [-0.1, -0.05) is 0 Å². The first kappa shape index (κ1) is 10.5. The largest absolute Gasteiger partial charge is 0.392 e. The fourth-order valence-electron chi connectivity index (χ4n) is 1.18. The molecule has 1 amide bonds. The van der Waals surface area contributed by atoms with E-state index in [4.69, 9.17) is 5.11 Å². The van der Waals surface area contributed by atoms with Gasteiger partial charge in [0, 0.05) is 0 Å². The molecule has 5 nitrogen and oxygen atoms in total. The third-order valence-corrected chi connectivity index (χ3v) is 4.47. The maximum atomic E-state index is 11.4. The molecule has 0 aromatic heterocycles. The summed E-state index contributed by atoms with van der Waals surface area (Å²) < 4.78 is 22.2. The molecule has 1 fully saturated rings. The Hall–Kier alpha value is -0.620. The minimum atomic E-state index is -3.52. The fraction of sp³-hybridized carbons (Fsp3) is 0.857. The number of carbonyl (C=O) groups excluding carboxylic acids is 1. The van der Waals surface area contributed by atoms with Gasteiger partial charge < -0.3 is 5.11 Å². The maximum Gasteiger partial charge on any atom is 0.258 e. The van der Waals surface area contributed by atoms with E-state index >= 15 is 0 Å². The number of amides is 1. The first-order valence-corrected chi connectivity index (χ1v) is 5.40. The smallest absolute Gasteiger partial charge is 0.258 e. The van der Waals surface area contributed by atoms with E-state index in [-0.39, 0.29) is 6.54 Å². The Morgan fingerprint density at radius 2 is 2.00 bits per heavy atom. The van der Waals surface area contributed by atoms with E-state index in [2.05, 4.69) is 0 Å². The average Bonchev–Trinajstić information content (AvgIpc) is 1.98. The minimum absolute atomic E-state index is 0.148. The number of rotatable bonds is 2. The second kappa shape index (κ2) is 2.68. The van der Waals surface area contributed by atoms with E-state index in [0.717, 1.165) is 4.31 Å². The van der Waals surface area contributed by atoms with Crippen molar-refractivity contribution >= 4 is 15.9 Å². The van der Waals surface area contributed by atoms with E-state index in [1.807, 2.05) is 0 Å². The summed E-state index contributed by atoms with van der Waals surface area (Å²) in [5.74, 6) is -0.451. The molecule has 1 saturated heterocycles. The highest BCUT2D eigenvalue weighted by Crippen LogP contribution is 2.34. The molecular formula is C7H13NO4S. The van der Waals surface area contributed by atoms with Gasteiger partial charge in [-0.25, -0.2) is 12.7 Å². The standard InChI is InChI=1S/C7H13NO4S/c1-5(9)4-8-6(10)7(2,3)13(8,11)12/h5,9H,4H2,1-3H3. The summed E-state index contributed by atoms with van der Waals surface area (Å²) in [5.41, 5.74) is 0. The zero-order valence-electron chi connectivity index (χ0n) is 7.81. The Kier molecular flexibility index (Phi) is 2.16. The lowest BCUT2D eigenvalue weighted by Gasteiger charge is -2.43. The molecule has 6 heteroatoms. The van der Waals surface area contributed by atoms with Gasteiger partial charge in [-0.15, -0.1) is 0 Å². The third kappa shape index (κ3) is 1.24. The molecule has 0 saturated carbocycles. The van der Waals surface area contributed by atoms with Crippen molar-refractivity contribution in [2.75, 3.05) is 6.54 Å². The van der Waals surface area contributed by atoms with Crippen LogP contribution in [0.2, 0.25) is 0 Å². The molecule has 1 N–H and O–H groups in total. The highest BCUT2D eigenvalue weighted by Gasteiger charge is 2.60. The van der Waals surface area contributed by atoms with Gasteiger partial charge in [-0.3, -0.25) is 4.79 Å². The van der Waals surface area contributed by atoms with Crippen molar-refractivity contribution in [2.45, 2.75) is 31.6 Å². The summed E-state index contributed by atoms with van der Waals surface area (Å²) in [6.45, 7) is 4.02. The van der Waals surface area contributed by atoms with E-state index in [1.54, 1.807) is 0 Å². The summed E-state index contributed by atoms with van der Waals surface area (Å²) in [7, 11) is -3.52. The second-order valence-electron chi connectivity index (χ2n) is 3.70. The maximum absolute atomic E-state index is 11.4. The topological polar surface area (TPSA) is 74.7 Å². The summed E-state index contributed by atoms with van der Waals surface area (Å²) >= 11 is 0. The molecular weight excluding hydrogens is 194 g/mol. The van der Waals surface area contributed by atoms with E-state index in [0.29, 0.717) is 0 Å². The van der Waals surface area contributed by atoms with Crippen LogP contribution in [-0.2, 0) is 14.8 Å². The molecule has 1 rings (SSSR count). The summed E-state index contributed by atoms with van der Waals surface area (Å²) in [5, 5.41) is 8.95. The van der Waals surface area contributed by atoms with Gasteiger partial charge in [0.25, 0.3) is 15.9 Å². The quantitative estimate of drug-likeness (QED) is 0.651. The predicted molar refractivity (Wildman–Crippen MR) is 46.4 cm³/mol. The van der Waals surface area contributed by atoms with Crippen LogP contribution in [0, 0.1) is 0 Å². The monoisotopic (exact) mass is 207 g/mol. The molecule has 1 heterocycles. The molecule has 0 aromatic rings. The highest BCUT2D eigenvalue weighted by atomic mass is 32.2. The highest BCUT2D eigenvalue weighted by molar-refractivity contribution is 7.94. The predicted octanol–water partition coefficient (Wildman–Crippen LogP) is -0.682. The Labute approximate surface area is 77.4 Å². The normalized spacial score (nSPS) is 26.8. The average molecular weight is 207 g/mol. The van der Waals surface area contributed by atoms with Crippen LogP contribution in [0.15, 0.2) is 0 Å². The van der Waals surface area contributed by atoms with Gasteiger partial charge in [-0.05, 0) is 20.8 Å². The zero-order valence-corrected chi connectivity index (χ0v) is 8.63. The van der Waals surface area contributed by atoms with Gasteiger partial charge in [0.05, 0.1) is 12.6 Å². The van der Waals surface area contributed by atoms with Crippen molar-refractivity contribution < 1.29 is 18.3 Å². The van der Waals surface area contributed by atoms with Gasteiger partial charge in [-0.2, -0.15) is 0 Å². The molecule has 1 unspecified atom stereocenters.